The second-order valence-corrected chi connectivity index (χ2v) is 5.79. The van der Waals surface area contributed by atoms with Crippen LogP contribution in [-0.4, -0.2) is 25.0 Å². The number of carbonyl (C=O) groups is 2. The first-order valence-corrected chi connectivity index (χ1v) is 8.69. The van der Waals surface area contributed by atoms with E-state index in [9.17, 15) is 9.59 Å². The van der Waals surface area contributed by atoms with Crippen molar-refractivity contribution >= 4 is 28.9 Å². The van der Waals surface area contributed by atoms with Gasteiger partial charge in [0.05, 0.1) is 13.2 Å². The van der Waals surface area contributed by atoms with E-state index in [0.29, 0.717) is 24.4 Å². The molecule has 6 nitrogen and oxygen atoms in total. The van der Waals surface area contributed by atoms with Crippen molar-refractivity contribution in [1.82, 2.24) is 0 Å². The second kappa shape index (κ2) is 9.46. The van der Waals surface area contributed by atoms with Crippen LogP contribution in [0, 0.1) is 6.92 Å². The molecule has 0 aliphatic rings. The molecule has 2 rings (SSSR count). The van der Waals surface area contributed by atoms with E-state index >= 15 is 0 Å². The molecule has 0 unspecified atom stereocenters. The quantitative estimate of drug-likeness (QED) is 0.673. The molecule has 6 heteroatoms. The van der Waals surface area contributed by atoms with Gasteiger partial charge in [0.2, 0.25) is 11.8 Å². The van der Waals surface area contributed by atoms with Gasteiger partial charge < -0.3 is 20.7 Å². The summed E-state index contributed by atoms with van der Waals surface area (Å²) < 4.78 is 5.38. The van der Waals surface area contributed by atoms with Crippen LogP contribution in [0.15, 0.2) is 42.5 Å². The molecule has 2 aromatic carbocycles. The Balaban J connectivity index is 1.90. The molecule has 0 fully saturated rings. The van der Waals surface area contributed by atoms with Crippen LogP contribution in [-0.2, 0) is 9.59 Å². The summed E-state index contributed by atoms with van der Waals surface area (Å²) in [5.74, 6) is 0.563. The van der Waals surface area contributed by atoms with E-state index in [0.717, 1.165) is 17.0 Å². The Morgan fingerprint density at radius 1 is 0.923 bits per heavy atom. The number of benzene rings is 2. The van der Waals surface area contributed by atoms with E-state index in [1.807, 2.05) is 50.2 Å². The van der Waals surface area contributed by atoms with E-state index in [1.54, 1.807) is 13.0 Å². The molecule has 0 aliphatic carbocycles. The van der Waals surface area contributed by atoms with Crippen molar-refractivity contribution in [3.63, 3.8) is 0 Å². The topological polar surface area (TPSA) is 79.5 Å². The molecule has 138 valence electrons. The van der Waals surface area contributed by atoms with Gasteiger partial charge in [0.25, 0.3) is 0 Å². The third-order valence-corrected chi connectivity index (χ3v) is 3.73. The van der Waals surface area contributed by atoms with E-state index in [1.165, 1.54) is 0 Å². The number of amides is 2. The maximum Gasteiger partial charge on any atom is 0.243 e. The van der Waals surface area contributed by atoms with Crippen molar-refractivity contribution in [2.24, 2.45) is 0 Å². The van der Waals surface area contributed by atoms with Crippen molar-refractivity contribution in [1.29, 1.82) is 0 Å². The summed E-state index contributed by atoms with van der Waals surface area (Å²) in [5, 5.41) is 8.72. The Hall–Kier alpha value is -3.02. The van der Waals surface area contributed by atoms with Gasteiger partial charge >= 0.3 is 0 Å². The third kappa shape index (κ3) is 5.81. The minimum atomic E-state index is -0.171. The maximum absolute atomic E-state index is 12.1. The fourth-order valence-corrected chi connectivity index (χ4v) is 2.30. The summed E-state index contributed by atoms with van der Waals surface area (Å²) in [5.41, 5.74) is 3.12. The highest BCUT2D eigenvalue weighted by atomic mass is 16.5. The Morgan fingerprint density at radius 3 is 2.27 bits per heavy atom. The molecule has 0 aromatic heterocycles. The summed E-state index contributed by atoms with van der Waals surface area (Å²) in [6.07, 6.45) is 0.405. The van der Waals surface area contributed by atoms with Crippen LogP contribution < -0.4 is 20.7 Å². The molecule has 0 saturated carbocycles. The van der Waals surface area contributed by atoms with Crippen LogP contribution in [0.5, 0.6) is 5.75 Å². The normalized spacial score (nSPS) is 10.1. The van der Waals surface area contributed by atoms with Gasteiger partial charge in [0.1, 0.15) is 5.75 Å². The smallest absolute Gasteiger partial charge is 0.243 e. The van der Waals surface area contributed by atoms with E-state index in [2.05, 4.69) is 16.0 Å². The minimum Gasteiger partial charge on any atom is -0.494 e. The van der Waals surface area contributed by atoms with E-state index in [4.69, 9.17) is 4.74 Å². The predicted molar refractivity (Wildman–Crippen MR) is 105 cm³/mol. The SMILES string of the molecule is CCOc1ccc(NCC(=O)Nc2ccc(C)c(NC(=O)CC)c2)cc1. The zero-order valence-corrected chi connectivity index (χ0v) is 15.4. The molecular weight excluding hydrogens is 330 g/mol. The Morgan fingerprint density at radius 2 is 1.62 bits per heavy atom. The lowest BCUT2D eigenvalue weighted by Gasteiger charge is -2.12. The van der Waals surface area contributed by atoms with Gasteiger partial charge in [0, 0.05) is 23.5 Å². The molecule has 0 heterocycles. The molecular formula is C20H25N3O3. The third-order valence-electron chi connectivity index (χ3n) is 3.73. The van der Waals surface area contributed by atoms with Gasteiger partial charge in [-0.2, -0.15) is 0 Å². The number of hydrogen-bond donors (Lipinski definition) is 3. The number of nitrogens with one attached hydrogen (secondary N) is 3. The number of anilines is 3. The van der Waals surface area contributed by atoms with Crippen molar-refractivity contribution in [3.05, 3.63) is 48.0 Å². The number of aryl methyl sites for hydroxylation is 1. The second-order valence-electron chi connectivity index (χ2n) is 5.79. The largest absolute Gasteiger partial charge is 0.494 e. The summed E-state index contributed by atoms with van der Waals surface area (Å²) in [4.78, 5) is 23.7. The summed E-state index contributed by atoms with van der Waals surface area (Å²) in [7, 11) is 0. The van der Waals surface area contributed by atoms with Gasteiger partial charge in [-0.15, -0.1) is 0 Å². The van der Waals surface area contributed by atoms with Crippen LogP contribution in [0.25, 0.3) is 0 Å². The highest BCUT2D eigenvalue weighted by Gasteiger charge is 2.07. The van der Waals surface area contributed by atoms with Crippen molar-refractivity contribution in [2.45, 2.75) is 27.2 Å². The average Bonchev–Trinajstić information content (AvgIpc) is 2.64. The molecule has 2 amide bonds. The summed E-state index contributed by atoms with van der Waals surface area (Å²) in [6, 6.07) is 12.9. The summed E-state index contributed by atoms with van der Waals surface area (Å²) in [6.45, 7) is 6.39. The van der Waals surface area contributed by atoms with Gasteiger partial charge in [-0.3, -0.25) is 9.59 Å². The summed E-state index contributed by atoms with van der Waals surface area (Å²) >= 11 is 0. The Bertz CT molecular complexity index is 757. The molecule has 3 N–H and O–H groups in total. The lowest BCUT2D eigenvalue weighted by molar-refractivity contribution is -0.116. The molecule has 0 aliphatic heterocycles. The molecule has 2 aromatic rings. The first-order valence-electron chi connectivity index (χ1n) is 8.69. The Labute approximate surface area is 153 Å². The lowest BCUT2D eigenvalue weighted by atomic mass is 10.1. The van der Waals surface area contributed by atoms with Crippen molar-refractivity contribution in [3.8, 4) is 5.75 Å². The maximum atomic E-state index is 12.1. The molecule has 0 bridgehead atoms. The van der Waals surface area contributed by atoms with Crippen LogP contribution in [0.4, 0.5) is 17.1 Å². The highest BCUT2D eigenvalue weighted by molar-refractivity contribution is 5.96. The monoisotopic (exact) mass is 355 g/mol. The standard InChI is InChI=1S/C20H25N3O3/c1-4-19(24)23-18-12-16(7-6-14(18)3)22-20(25)13-21-15-8-10-17(11-9-15)26-5-2/h6-12,21H,4-5,13H2,1-3H3,(H,22,25)(H,23,24). The van der Waals surface area contributed by atoms with E-state index in [-0.39, 0.29) is 18.4 Å². The lowest BCUT2D eigenvalue weighted by Crippen LogP contribution is -2.22. The number of ether oxygens (including phenoxy) is 1. The van der Waals surface area contributed by atoms with Crippen molar-refractivity contribution in [2.75, 3.05) is 29.1 Å². The van der Waals surface area contributed by atoms with Crippen LogP contribution in [0.1, 0.15) is 25.8 Å². The minimum absolute atomic E-state index is 0.0613. The van der Waals surface area contributed by atoms with Gasteiger partial charge in [-0.1, -0.05) is 13.0 Å². The fourth-order valence-electron chi connectivity index (χ4n) is 2.30. The highest BCUT2D eigenvalue weighted by Crippen LogP contribution is 2.21. The van der Waals surface area contributed by atoms with E-state index < -0.39 is 0 Å². The molecule has 0 radical (unpaired) electrons. The first-order chi connectivity index (χ1) is 12.5. The van der Waals surface area contributed by atoms with Gasteiger partial charge in [0.15, 0.2) is 0 Å². The van der Waals surface area contributed by atoms with Crippen LogP contribution >= 0.6 is 0 Å². The van der Waals surface area contributed by atoms with Crippen molar-refractivity contribution < 1.29 is 14.3 Å². The van der Waals surface area contributed by atoms with Crippen LogP contribution in [0.3, 0.4) is 0 Å². The molecule has 26 heavy (non-hydrogen) atoms. The zero-order chi connectivity index (χ0) is 18.9. The molecule has 0 saturated heterocycles. The van der Waals surface area contributed by atoms with Crippen LogP contribution in [0.2, 0.25) is 0 Å². The van der Waals surface area contributed by atoms with Gasteiger partial charge in [-0.25, -0.2) is 0 Å². The Kier molecular flexibility index (Phi) is 7.02. The molecule has 0 atom stereocenters. The van der Waals surface area contributed by atoms with Gasteiger partial charge in [-0.05, 0) is 55.8 Å². The average molecular weight is 355 g/mol. The number of rotatable bonds is 8. The number of hydrogen-bond acceptors (Lipinski definition) is 4. The number of carbonyl (C=O) groups excluding carboxylic acids is 2. The zero-order valence-electron chi connectivity index (χ0n) is 15.4. The molecule has 0 spiro atoms. The predicted octanol–water partition coefficient (Wildman–Crippen LogP) is 3.79. The fraction of sp³-hybridized carbons (Fsp3) is 0.300. The first kappa shape index (κ1) is 19.3.